The van der Waals surface area contributed by atoms with Gasteiger partial charge >= 0.3 is 5.97 Å². The SMILES string of the molecule is COc1ccccc1CC(CNC(=O)c1cc(C)ccc1C)C(=O)O. The summed E-state index contributed by atoms with van der Waals surface area (Å²) in [5, 5.41) is 12.2. The summed E-state index contributed by atoms with van der Waals surface area (Å²) in [7, 11) is 1.55. The van der Waals surface area contributed by atoms with Gasteiger partial charge in [0, 0.05) is 12.1 Å². The number of amides is 1. The number of para-hydroxylation sites is 1. The third-order valence-corrected chi connectivity index (χ3v) is 4.15. The van der Waals surface area contributed by atoms with Crippen molar-refractivity contribution in [1.29, 1.82) is 0 Å². The maximum atomic E-state index is 12.4. The maximum Gasteiger partial charge on any atom is 0.308 e. The van der Waals surface area contributed by atoms with E-state index in [0.29, 0.717) is 11.3 Å². The van der Waals surface area contributed by atoms with Gasteiger partial charge in [-0.15, -0.1) is 0 Å². The lowest BCUT2D eigenvalue weighted by Gasteiger charge is -2.16. The van der Waals surface area contributed by atoms with Crippen molar-refractivity contribution in [1.82, 2.24) is 5.32 Å². The fourth-order valence-electron chi connectivity index (χ4n) is 2.68. The number of hydrogen-bond donors (Lipinski definition) is 2. The number of rotatable bonds is 7. The number of aryl methyl sites for hydroxylation is 2. The number of carbonyl (C=O) groups excluding carboxylic acids is 1. The molecule has 2 aromatic rings. The second-order valence-corrected chi connectivity index (χ2v) is 6.08. The Hall–Kier alpha value is -2.82. The minimum atomic E-state index is -0.952. The van der Waals surface area contributed by atoms with Crippen molar-refractivity contribution in [3.05, 3.63) is 64.7 Å². The Kier molecular flexibility index (Phi) is 6.17. The lowest BCUT2D eigenvalue weighted by Crippen LogP contribution is -2.34. The first-order chi connectivity index (χ1) is 11.9. The van der Waals surface area contributed by atoms with Gasteiger partial charge in [-0.3, -0.25) is 9.59 Å². The predicted octanol–water partition coefficient (Wildman–Crippen LogP) is 2.99. The Morgan fingerprint density at radius 3 is 2.56 bits per heavy atom. The van der Waals surface area contributed by atoms with Crippen LogP contribution in [0.4, 0.5) is 0 Å². The van der Waals surface area contributed by atoms with Crippen molar-refractivity contribution in [2.24, 2.45) is 5.92 Å². The number of carboxylic acid groups (broad SMARTS) is 1. The van der Waals surface area contributed by atoms with Crippen LogP contribution in [0.1, 0.15) is 27.0 Å². The number of carbonyl (C=O) groups is 2. The van der Waals surface area contributed by atoms with Gasteiger partial charge in [0.2, 0.25) is 0 Å². The van der Waals surface area contributed by atoms with Crippen LogP contribution in [-0.2, 0) is 11.2 Å². The minimum absolute atomic E-state index is 0.0552. The second-order valence-electron chi connectivity index (χ2n) is 6.08. The van der Waals surface area contributed by atoms with E-state index in [1.165, 1.54) is 0 Å². The molecule has 1 unspecified atom stereocenters. The van der Waals surface area contributed by atoms with Crippen LogP contribution in [0.2, 0.25) is 0 Å². The highest BCUT2D eigenvalue weighted by Gasteiger charge is 2.21. The van der Waals surface area contributed by atoms with E-state index in [1.807, 2.05) is 44.2 Å². The molecule has 0 bridgehead atoms. The van der Waals surface area contributed by atoms with E-state index in [1.54, 1.807) is 19.2 Å². The smallest absolute Gasteiger partial charge is 0.308 e. The molecule has 132 valence electrons. The molecule has 0 saturated heterocycles. The first-order valence-electron chi connectivity index (χ1n) is 8.12. The van der Waals surface area contributed by atoms with E-state index in [2.05, 4.69) is 5.32 Å². The van der Waals surface area contributed by atoms with Gasteiger partial charge in [0.15, 0.2) is 0 Å². The van der Waals surface area contributed by atoms with Gasteiger partial charge in [-0.25, -0.2) is 0 Å². The van der Waals surface area contributed by atoms with E-state index < -0.39 is 11.9 Å². The van der Waals surface area contributed by atoms with Crippen LogP contribution in [0.5, 0.6) is 5.75 Å². The zero-order valence-electron chi connectivity index (χ0n) is 14.7. The standard InChI is InChI=1S/C20H23NO4/c1-13-8-9-14(2)17(10-13)19(22)21-12-16(20(23)24)11-15-6-4-5-7-18(15)25-3/h4-10,16H,11-12H2,1-3H3,(H,21,22)(H,23,24). The van der Waals surface area contributed by atoms with Crippen molar-refractivity contribution < 1.29 is 19.4 Å². The number of aliphatic carboxylic acids is 1. The average molecular weight is 341 g/mol. The molecular formula is C20H23NO4. The van der Waals surface area contributed by atoms with E-state index in [4.69, 9.17) is 4.74 Å². The zero-order valence-corrected chi connectivity index (χ0v) is 14.7. The number of nitrogens with one attached hydrogen (secondary N) is 1. The Balaban J connectivity index is 2.08. The van der Waals surface area contributed by atoms with Gasteiger partial charge in [0.25, 0.3) is 5.91 Å². The molecule has 2 rings (SSSR count). The summed E-state index contributed by atoms with van der Waals surface area (Å²) < 4.78 is 5.27. The number of methoxy groups -OCH3 is 1. The Labute approximate surface area is 147 Å². The van der Waals surface area contributed by atoms with Gasteiger partial charge in [0.1, 0.15) is 5.75 Å². The monoisotopic (exact) mass is 341 g/mol. The van der Waals surface area contributed by atoms with Gasteiger partial charge in [0.05, 0.1) is 13.0 Å². The van der Waals surface area contributed by atoms with Crippen LogP contribution in [0.15, 0.2) is 42.5 Å². The van der Waals surface area contributed by atoms with Gasteiger partial charge in [-0.1, -0.05) is 35.9 Å². The largest absolute Gasteiger partial charge is 0.496 e. The molecule has 2 aromatic carbocycles. The quantitative estimate of drug-likeness (QED) is 0.812. The highest BCUT2D eigenvalue weighted by molar-refractivity contribution is 5.96. The van der Waals surface area contributed by atoms with Crippen LogP contribution in [0.25, 0.3) is 0 Å². The molecule has 5 nitrogen and oxygen atoms in total. The third-order valence-electron chi connectivity index (χ3n) is 4.15. The third kappa shape index (κ3) is 4.83. The number of ether oxygens (including phenoxy) is 1. The first kappa shape index (κ1) is 18.5. The first-order valence-corrected chi connectivity index (χ1v) is 8.12. The van der Waals surface area contributed by atoms with Crippen LogP contribution in [-0.4, -0.2) is 30.6 Å². The minimum Gasteiger partial charge on any atom is -0.496 e. The van der Waals surface area contributed by atoms with E-state index >= 15 is 0 Å². The molecule has 25 heavy (non-hydrogen) atoms. The Morgan fingerprint density at radius 2 is 1.88 bits per heavy atom. The van der Waals surface area contributed by atoms with Gasteiger partial charge in [-0.2, -0.15) is 0 Å². The molecule has 1 atom stereocenters. The van der Waals surface area contributed by atoms with Crippen LogP contribution in [0.3, 0.4) is 0 Å². The molecule has 0 spiro atoms. The highest BCUT2D eigenvalue weighted by Crippen LogP contribution is 2.21. The van der Waals surface area contributed by atoms with E-state index in [-0.39, 0.29) is 18.9 Å². The normalized spacial score (nSPS) is 11.6. The number of hydrogen-bond acceptors (Lipinski definition) is 3. The molecular weight excluding hydrogens is 318 g/mol. The number of carboxylic acids is 1. The summed E-state index contributed by atoms with van der Waals surface area (Å²) in [6.07, 6.45) is 0.284. The lowest BCUT2D eigenvalue weighted by molar-refractivity contribution is -0.141. The predicted molar refractivity (Wildman–Crippen MR) is 96.1 cm³/mol. The Morgan fingerprint density at radius 1 is 1.16 bits per heavy atom. The summed E-state index contributed by atoms with van der Waals surface area (Å²) in [4.78, 5) is 24.0. The van der Waals surface area contributed by atoms with Crippen molar-refractivity contribution in [3.63, 3.8) is 0 Å². The molecule has 5 heteroatoms. The topological polar surface area (TPSA) is 75.6 Å². The summed E-state index contributed by atoms with van der Waals surface area (Å²) in [6, 6.07) is 12.9. The van der Waals surface area contributed by atoms with Crippen molar-refractivity contribution >= 4 is 11.9 Å². The number of benzene rings is 2. The molecule has 0 radical (unpaired) electrons. The fraction of sp³-hybridized carbons (Fsp3) is 0.300. The molecule has 1 amide bonds. The molecule has 0 saturated carbocycles. The Bertz CT molecular complexity index is 770. The van der Waals surface area contributed by atoms with Crippen molar-refractivity contribution in [3.8, 4) is 5.75 Å². The summed E-state index contributed by atoms with van der Waals surface area (Å²) in [5.41, 5.74) is 3.22. The van der Waals surface area contributed by atoms with Gasteiger partial charge in [-0.05, 0) is 43.5 Å². The van der Waals surface area contributed by atoms with Crippen LogP contribution < -0.4 is 10.1 Å². The molecule has 0 fully saturated rings. The van der Waals surface area contributed by atoms with Crippen LogP contribution >= 0.6 is 0 Å². The molecule has 0 aliphatic heterocycles. The molecule has 0 aromatic heterocycles. The summed E-state index contributed by atoms with van der Waals surface area (Å²) >= 11 is 0. The van der Waals surface area contributed by atoms with Gasteiger partial charge < -0.3 is 15.2 Å². The molecule has 2 N–H and O–H groups in total. The van der Waals surface area contributed by atoms with Crippen molar-refractivity contribution in [2.45, 2.75) is 20.3 Å². The highest BCUT2D eigenvalue weighted by atomic mass is 16.5. The fourth-order valence-corrected chi connectivity index (χ4v) is 2.68. The molecule has 0 aliphatic rings. The van der Waals surface area contributed by atoms with E-state index in [9.17, 15) is 14.7 Å². The summed E-state index contributed by atoms with van der Waals surface area (Å²) in [5.74, 6) is -1.29. The van der Waals surface area contributed by atoms with Crippen LogP contribution in [0, 0.1) is 19.8 Å². The maximum absolute atomic E-state index is 12.4. The van der Waals surface area contributed by atoms with Crippen molar-refractivity contribution in [2.75, 3.05) is 13.7 Å². The molecule has 0 aliphatic carbocycles. The lowest BCUT2D eigenvalue weighted by atomic mass is 9.98. The molecule has 0 heterocycles. The zero-order chi connectivity index (χ0) is 18.4. The summed E-state index contributed by atoms with van der Waals surface area (Å²) in [6.45, 7) is 3.83. The second kappa shape index (κ2) is 8.33. The average Bonchev–Trinajstić information content (AvgIpc) is 2.60. The van der Waals surface area contributed by atoms with E-state index in [0.717, 1.165) is 16.7 Å².